The lowest BCUT2D eigenvalue weighted by molar-refractivity contribution is -0.117. The molecule has 1 amide bonds. The fourth-order valence-corrected chi connectivity index (χ4v) is 4.11. The van der Waals surface area contributed by atoms with Gasteiger partial charge < -0.3 is 10.1 Å². The first kappa shape index (κ1) is 19.8. The third-order valence-electron chi connectivity index (χ3n) is 4.55. The second-order valence-electron chi connectivity index (χ2n) is 6.87. The topological polar surface area (TPSA) is 86.1 Å². The van der Waals surface area contributed by atoms with Gasteiger partial charge in [0.1, 0.15) is 18.0 Å². The molecular formula is C22H20N4O3S. The SMILES string of the molecule is COc1cccc(-c2nn(CC(=O)Nc3cccc(C)c3)c(=O)c3nc(C)sc23)c1. The minimum absolute atomic E-state index is 0.212. The second-order valence-corrected chi connectivity index (χ2v) is 8.07. The van der Waals surface area contributed by atoms with E-state index in [1.165, 1.54) is 16.0 Å². The molecule has 30 heavy (non-hydrogen) atoms. The van der Waals surface area contributed by atoms with E-state index in [4.69, 9.17) is 4.74 Å². The van der Waals surface area contributed by atoms with E-state index in [0.717, 1.165) is 16.1 Å². The van der Waals surface area contributed by atoms with E-state index in [1.807, 2.05) is 56.3 Å². The fourth-order valence-electron chi connectivity index (χ4n) is 3.19. The third-order valence-corrected chi connectivity index (χ3v) is 5.52. The summed E-state index contributed by atoms with van der Waals surface area (Å²) in [7, 11) is 1.59. The van der Waals surface area contributed by atoms with Crippen LogP contribution >= 0.6 is 11.3 Å². The molecule has 4 rings (SSSR count). The smallest absolute Gasteiger partial charge is 0.294 e. The molecule has 0 aliphatic carbocycles. The average molecular weight is 420 g/mol. The zero-order valence-corrected chi connectivity index (χ0v) is 17.6. The summed E-state index contributed by atoms with van der Waals surface area (Å²) >= 11 is 1.40. The molecule has 2 aromatic heterocycles. The van der Waals surface area contributed by atoms with E-state index in [9.17, 15) is 9.59 Å². The molecular weight excluding hydrogens is 400 g/mol. The average Bonchev–Trinajstić information content (AvgIpc) is 3.12. The van der Waals surface area contributed by atoms with E-state index < -0.39 is 0 Å². The number of benzene rings is 2. The number of hydrogen-bond acceptors (Lipinski definition) is 6. The number of aromatic nitrogens is 3. The molecule has 0 spiro atoms. The largest absolute Gasteiger partial charge is 0.497 e. The first-order valence-corrected chi connectivity index (χ1v) is 10.2. The van der Waals surface area contributed by atoms with Gasteiger partial charge in [0, 0.05) is 11.3 Å². The van der Waals surface area contributed by atoms with Crippen LogP contribution < -0.4 is 15.6 Å². The van der Waals surface area contributed by atoms with Crippen molar-refractivity contribution in [2.45, 2.75) is 20.4 Å². The summed E-state index contributed by atoms with van der Waals surface area (Å²) in [5.41, 5.74) is 3.01. The van der Waals surface area contributed by atoms with Gasteiger partial charge in [0.25, 0.3) is 5.56 Å². The minimum Gasteiger partial charge on any atom is -0.497 e. The number of carbonyl (C=O) groups is 1. The number of ether oxygens (including phenoxy) is 1. The van der Waals surface area contributed by atoms with Crippen molar-refractivity contribution < 1.29 is 9.53 Å². The molecule has 2 aromatic carbocycles. The highest BCUT2D eigenvalue weighted by molar-refractivity contribution is 7.19. The molecule has 7 nitrogen and oxygen atoms in total. The van der Waals surface area contributed by atoms with Gasteiger partial charge in [0.05, 0.1) is 16.8 Å². The van der Waals surface area contributed by atoms with Gasteiger partial charge in [-0.2, -0.15) is 5.10 Å². The van der Waals surface area contributed by atoms with E-state index in [1.54, 1.807) is 13.2 Å². The van der Waals surface area contributed by atoms with Crippen LogP contribution in [0.15, 0.2) is 53.3 Å². The van der Waals surface area contributed by atoms with Crippen LogP contribution in [0.25, 0.3) is 21.5 Å². The number of anilines is 1. The number of hydrogen-bond donors (Lipinski definition) is 1. The predicted octanol–water partition coefficient (Wildman–Crippen LogP) is 3.78. The molecule has 0 saturated heterocycles. The van der Waals surface area contributed by atoms with Gasteiger partial charge in [-0.15, -0.1) is 11.3 Å². The molecule has 0 saturated carbocycles. The van der Waals surface area contributed by atoms with Crippen LogP contribution in [0.2, 0.25) is 0 Å². The number of methoxy groups -OCH3 is 1. The highest BCUT2D eigenvalue weighted by atomic mass is 32.1. The molecule has 2 heterocycles. The van der Waals surface area contributed by atoms with Crippen molar-refractivity contribution in [3.8, 4) is 17.0 Å². The van der Waals surface area contributed by atoms with Crippen LogP contribution in [0.4, 0.5) is 5.69 Å². The molecule has 0 unspecified atom stereocenters. The van der Waals surface area contributed by atoms with Crippen LogP contribution in [-0.4, -0.2) is 27.8 Å². The number of thiazole rings is 1. The van der Waals surface area contributed by atoms with Crippen molar-refractivity contribution in [1.29, 1.82) is 0 Å². The molecule has 0 fully saturated rings. The van der Waals surface area contributed by atoms with Gasteiger partial charge in [-0.05, 0) is 43.7 Å². The van der Waals surface area contributed by atoms with E-state index >= 15 is 0 Å². The zero-order valence-electron chi connectivity index (χ0n) is 16.8. The number of carbonyl (C=O) groups excluding carboxylic acids is 1. The highest BCUT2D eigenvalue weighted by Gasteiger charge is 2.18. The molecule has 0 radical (unpaired) electrons. The summed E-state index contributed by atoms with van der Waals surface area (Å²) in [6.07, 6.45) is 0. The Hall–Kier alpha value is -3.52. The molecule has 0 bridgehead atoms. The summed E-state index contributed by atoms with van der Waals surface area (Å²) in [4.78, 5) is 29.9. The molecule has 8 heteroatoms. The summed E-state index contributed by atoms with van der Waals surface area (Å²) in [6.45, 7) is 3.57. The Kier molecular flexibility index (Phi) is 5.33. The van der Waals surface area contributed by atoms with E-state index in [0.29, 0.717) is 27.3 Å². The van der Waals surface area contributed by atoms with Crippen molar-refractivity contribution in [3.05, 3.63) is 69.5 Å². The van der Waals surface area contributed by atoms with Gasteiger partial charge in [0.2, 0.25) is 5.91 Å². The van der Waals surface area contributed by atoms with Gasteiger partial charge in [0.15, 0.2) is 5.52 Å². The number of aryl methyl sites for hydroxylation is 2. The molecule has 0 aliphatic heterocycles. The molecule has 1 N–H and O–H groups in total. The lowest BCUT2D eigenvalue weighted by Crippen LogP contribution is -2.30. The Bertz CT molecular complexity index is 1310. The third kappa shape index (κ3) is 3.95. The highest BCUT2D eigenvalue weighted by Crippen LogP contribution is 2.31. The lowest BCUT2D eigenvalue weighted by Gasteiger charge is -2.10. The first-order chi connectivity index (χ1) is 14.4. The lowest BCUT2D eigenvalue weighted by atomic mass is 10.1. The molecule has 4 aromatic rings. The monoisotopic (exact) mass is 420 g/mol. The molecule has 0 aliphatic rings. The Morgan fingerprint density at radius 1 is 1.17 bits per heavy atom. The van der Waals surface area contributed by atoms with Crippen LogP contribution in [-0.2, 0) is 11.3 Å². The quantitative estimate of drug-likeness (QED) is 0.531. The number of nitrogens with zero attached hydrogens (tertiary/aromatic N) is 3. The Labute approximate surface area is 177 Å². The van der Waals surface area contributed by atoms with Crippen molar-refractivity contribution in [3.63, 3.8) is 0 Å². The summed E-state index contributed by atoms with van der Waals surface area (Å²) in [6, 6.07) is 14.9. The Morgan fingerprint density at radius 2 is 1.97 bits per heavy atom. The van der Waals surface area contributed by atoms with Gasteiger partial charge in [-0.25, -0.2) is 9.67 Å². The maximum absolute atomic E-state index is 12.9. The van der Waals surface area contributed by atoms with Crippen LogP contribution in [0, 0.1) is 13.8 Å². The standard InChI is InChI=1S/C22H20N4O3S/c1-13-6-4-8-16(10-13)24-18(27)12-26-22(28)20-21(30-14(2)23-20)19(25-26)15-7-5-9-17(11-15)29-3/h4-11H,12H2,1-3H3,(H,24,27). The Morgan fingerprint density at radius 3 is 2.73 bits per heavy atom. The van der Waals surface area contributed by atoms with Gasteiger partial charge >= 0.3 is 0 Å². The predicted molar refractivity (Wildman–Crippen MR) is 118 cm³/mol. The number of rotatable bonds is 5. The van der Waals surface area contributed by atoms with E-state index in [-0.39, 0.29) is 18.0 Å². The van der Waals surface area contributed by atoms with Crippen molar-refractivity contribution >= 4 is 33.1 Å². The molecule has 0 atom stereocenters. The number of amides is 1. The number of nitrogens with one attached hydrogen (secondary N) is 1. The maximum Gasteiger partial charge on any atom is 0.294 e. The van der Waals surface area contributed by atoms with Gasteiger partial charge in [-0.1, -0.05) is 24.3 Å². The first-order valence-electron chi connectivity index (χ1n) is 9.34. The maximum atomic E-state index is 12.9. The van der Waals surface area contributed by atoms with Crippen LogP contribution in [0.3, 0.4) is 0 Å². The zero-order chi connectivity index (χ0) is 21.3. The summed E-state index contributed by atoms with van der Waals surface area (Å²) in [5, 5.41) is 8.09. The van der Waals surface area contributed by atoms with E-state index in [2.05, 4.69) is 15.4 Å². The summed E-state index contributed by atoms with van der Waals surface area (Å²) < 4.78 is 7.18. The summed E-state index contributed by atoms with van der Waals surface area (Å²) in [5.74, 6) is 0.344. The van der Waals surface area contributed by atoms with Crippen molar-refractivity contribution in [2.75, 3.05) is 12.4 Å². The Balaban J connectivity index is 1.75. The van der Waals surface area contributed by atoms with Crippen LogP contribution in [0.1, 0.15) is 10.6 Å². The minimum atomic E-state index is -0.389. The number of fused-ring (bicyclic) bond motifs is 1. The van der Waals surface area contributed by atoms with Crippen molar-refractivity contribution in [2.24, 2.45) is 0 Å². The van der Waals surface area contributed by atoms with Crippen molar-refractivity contribution in [1.82, 2.24) is 14.8 Å². The van der Waals surface area contributed by atoms with Crippen LogP contribution in [0.5, 0.6) is 5.75 Å². The second kappa shape index (κ2) is 8.08. The normalized spacial score (nSPS) is 10.9. The fraction of sp³-hybridized carbons (Fsp3) is 0.182. The van der Waals surface area contributed by atoms with Gasteiger partial charge in [-0.3, -0.25) is 9.59 Å². The molecule has 152 valence electrons.